The van der Waals surface area contributed by atoms with E-state index in [0.717, 1.165) is 12.8 Å². The molecule has 30 heavy (non-hydrogen) atoms. The molecule has 2 atom stereocenters. The van der Waals surface area contributed by atoms with Crippen LogP contribution >= 0.6 is 0 Å². The number of ether oxygens (including phenoxy) is 3. The molecule has 1 aliphatic rings. The molecule has 0 aromatic rings. The number of hydrogen-bond donors (Lipinski definition) is 1. The van der Waals surface area contributed by atoms with Crippen LogP contribution in [0.4, 0.5) is 0 Å². The molecule has 1 saturated carbocycles. The van der Waals surface area contributed by atoms with Crippen LogP contribution in [0.5, 0.6) is 0 Å². The zero-order valence-electron chi connectivity index (χ0n) is 19.1. The number of carbonyl (C=O) groups excluding carboxylic acids is 4. The van der Waals surface area contributed by atoms with E-state index in [2.05, 4.69) is 0 Å². The van der Waals surface area contributed by atoms with E-state index < -0.39 is 47.0 Å². The molecule has 0 bridgehead atoms. The fourth-order valence-electron chi connectivity index (χ4n) is 2.75. The lowest BCUT2D eigenvalue weighted by atomic mass is 9.97. The van der Waals surface area contributed by atoms with E-state index in [4.69, 9.17) is 19.9 Å². The van der Waals surface area contributed by atoms with Crippen molar-refractivity contribution in [1.82, 2.24) is 4.90 Å². The van der Waals surface area contributed by atoms with Crippen LogP contribution in [0.25, 0.3) is 0 Å². The summed E-state index contributed by atoms with van der Waals surface area (Å²) in [5.74, 6) is -4.42. The Morgan fingerprint density at radius 1 is 0.967 bits per heavy atom. The van der Waals surface area contributed by atoms with Crippen molar-refractivity contribution in [3.05, 3.63) is 0 Å². The van der Waals surface area contributed by atoms with Crippen LogP contribution < -0.4 is 5.73 Å². The lowest BCUT2D eigenvalue weighted by molar-refractivity contribution is -0.173. The van der Waals surface area contributed by atoms with E-state index in [1.807, 2.05) is 0 Å². The molecule has 9 nitrogen and oxygen atoms in total. The molecule has 0 saturated heterocycles. The average molecular weight is 429 g/mol. The molecule has 1 aliphatic carbocycles. The molecule has 9 heteroatoms. The zero-order chi connectivity index (χ0) is 23.3. The second-order valence-corrected chi connectivity index (χ2v) is 9.39. The number of nitrogens with two attached hydrogens (primary N) is 1. The largest absolute Gasteiger partial charge is 0.466 e. The first-order chi connectivity index (χ1) is 13.7. The number of nitrogens with zero attached hydrogens (tertiary/aromatic N) is 1. The van der Waals surface area contributed by atoms with Gasteiger partial charge in [-0.25, -0.2) is 0 Å². The van der Waals surface area contributed by atoms with E-state index in [0.29, 0.717) is 0 Å². The Labute approximate surface area is 178 Å². The summed E-state index contributed by atoms with van der Waals surface area (Å²) < 4.78 is 15.6. The Bertz CT molecular complexity index is 645. The first kappa shape index (κ1) is 25.9. The lowest BCUT2D eigenvalue weighted by Gasteiger charge is -2.31. The van der Waals surface area contributed by atoms with E-state index in [9.17, 15) is 19.2 Å². The quantitative estimate of drug-likeness (QED) is 0.333. The van der Waals surface area contributed by atoms with Crippen LogP contribution in [0.2, 0.25) is 0 Å². The third kappa shape index (κ3) is 8.69. The maximum absolute atomic E-state index is 13.3. The van der Waals surface area contributed by atoms with Crippen molar-refractivity contribution in [2.75, 3.05) is 13.2 Å². The highest BCUT2D eigenvalue weighted by molar-refractivity contribution is 6.03. The average Bonchev–Trinajstić information content (AvgIpc) is 3.37. The van der Waals surface area contributed by atoms with Crippen molar-refractivity contribution < 1.29 is 33.4 Å². The summed E-state index contributed by atoms with van der Waals surface area (Å²) in [4.78, 5) is 51.9. The molecule has 0 radical (unpaired) electrons. The highest BCUT2D eigenvalue weighted by Crippen LogP contribution is 2.30. The van der Waals surface area contributed by atoms with E-state index in [1.165, 1.54) is 4.90 Å². The summed E-state index contributed by atoms with van der Waals surface area (Å²) in [6.45, 7) is 12.0. The molecule has 0 aromatic heterocycles. The Kier molecular flexibility index (Phi) is 8.83. The zero-order valence-corrected chi connectivity index (χ0v) is 19.1. The lowest BCUT2D eigenvalue weighted by Crippen LogP contribution is -2.54. The Morgan fingerprint density at radius 3 is 1.90 bits per heavy atom. The van der Waals surface area contributed by atoms with Crippen LogP contribution in [0, 0.1) is 5.92 Å². The summed E-state index contributed by atoms with van der Waals surface area (Å²) in [6.07, 6.45) is 1.48. The van der Waals surface area contributed by atoms with Gasteiger partial charge < -0.3 is 24.8 Å². The Hall–Kier alpha value is -2.16. The summed E-state index contributed by atoms with van der Waals surface area (Å²) in [5.41, 5.74) is 4.32. The van der Waals surface area contributed by atoms with Crippen molar-refractivity contribution in [3.63, 3.8) is 0 Å². The monoisotopic (exact) mass is 428 g/mol. The number of rotatable bonds is 9. The van der Waals surface area contributed by atoms with Gasteiger partial charge in [0.25, 0.3) is 0 Å². The molecule has 172 valence electrons. The van der Waals surface area contributed by atoms with Gasteiger partial charge in [-0.1, -0.05) is 0 Å². The summed E-state index contributed by atoms with van der Waals surface area (Å²) in [6, 6.07) is -1.64. The predicted octanol–water partition coefficient (Wildman–Crippen LogP) is 1.56. The van der Waals surface area contributed by atoms with Crippen LogP contribution in [0.3, 0.4) is 0 Å². The maximum Gasteiger partial charge on any atom is 0.324 e. The van der Waals surface area contributed by atoms with Gasteiger partial charge in [-0.05, 0) is 61.3 Å². The van der Waals surface area contributed by atoms with Crippen molar-refractivity contribution in [2.45, 2.75) is 91.0 Å². The van der Waals surface area contributed by atoms with Gasteiger partial charge in [0, 0.05) is 12.6 Å². The minimum Gasteiger partial charge on any atom is -0.466 e. The van der Waals surface area contributed by atoms with Gasteiger partial charge in [-0.3, -0.25) is 19.2 Å². The van der Waals surface area contributed by atoms with Crippen molar-refractivity contribution in [3.8, 4) is 0 Å². The molecule has 0 aromatic carbocycles. The van der Waals surface area contributed by atoms with Crippen molar-refractivity contribution in [1.29, 1.82) is 0 Å². The standard InChI is InChI=1S/C21H36N2O7/c1-8-28-14(24)11-12-23(13-9-10-13)17(25)15(18(26)29-20(2,3)4)16(22)19(27)30-21(5,6)7/h13,15-16H,8-12,22H2,1-7H3/t15?,16-/m0/s1. The molecule has 1 unspecified atom stereocenters. The first-order valence-corrected chi connectivity index (χ1v) is 10.3. The number of hydrogen-bond acceptors (Lipinski definition) is 8. The predicted molar refractivity (Wildman–Crippen MR) is 109 cm³/mol. The van der Waals surface area contributed by atoms with Gasteiger partial charge in [0.2, 0.25) is 5.91 Å². The summed E-state index contributed by atoms with van der Waals surface area (Å²) in [5, 5.41) is 0. The normalized spacial score (nSPS) is 16.3. The third-order valence-corrected chi connectivity index (χ3v) is 4.10. The molecule has 1 fully saturated rings. The summed E-state index contributed by atoms with van der Waals surface area (Å²) in [7, 11) is 0. The van der Waals surface area contributed by atoms with Crippen molar-refractivity contribution >= 4 is 23.8 Å². The van der Waals surface area contributed by atoms with E-state index in [1.54, 1.807) is 48.5 Å². The van der Waals surface area contributed by atoms with Crippen LogP contribution in [0.1, 0.15) is 67.7 Å². The van der Waals surface area contributed by atoms with Gasteiger partial charge >= 0.3 is 17.9 Å². The second kappa shape index (κ2) is 10.2. The van der Waals surface area contributed by atoms with Crippen molar-refractivity contribution in [2.24, 2.45) is 11.7 Å². The summed E-state index contributed by atoms with van der Waals surface area (Å²) >= 11 is 0. The molecule has 0 aliphatic heterocycles. The fraction of sp³-hybridized carbons (Fsp3) is 0.810. The molecule has 2 N–H and O–H groups in total. The number of amides is 1. The fourth-order valence-corrected chi connectivity index (χ4v) is 2.75. The molecule has 0 spiro atoms. The Morgan fingerprint density at radius 2 is 1.47 bits per heavy atom. The van der Waals surface area contributed by atoms with E-state index in [-0.39, 0.29) is 25.6 Å². The van der Waals surface area contributed by atoms with Crippen LogP contribution in [0.15, 0.2) is 0 Å². The molecular weight excluding hydrogens is 392 g/mol. The highest BCUT2D eigenvalue weighted by atomic mass is 16.6. The molecular formula is C21H36N2O7. The highest BCUT2D eigenvalue weighted by Gasteiger charge is 2.46. The smallest absolute Gasteiger partial charge is 0.324 e. The van der Waals surface area contributed by atoms with Crippen LogP contribution in [-0.4, -0.2) is 65.2 Å². The van der Waals surface area contributed by atoms with Gasteiger partial charge in [-0.2, -0.15) is 0 Å². The molecule has 1 amide bonds. The minimum atomic E-state index is -1.57. The molecule has 0 heterocycles. The van der Waals surface area contributed by atoms with Gasteiger partial charge in [-0.15, -0.1) is 0 Å². The maximum atomic E-state index is 13.3. The SMILES string of the molecule is CCOC(=O)CCN(C(=O)C(C(=O)OC(C)(C)C)[C@H](N)C(=O)OC(C)(C)C)C1CC1. The van der Waals surface area contributed by atoms with Crippen LogP contribution in [-0.2, 0) is 33.4 Å². The van der Waals surface area contributed by atoms with Gasteiger partial charge in [0.15, 0.2) is 5.92 Å². The number of esters is 3. The first-order valence-electron chi connectivity index (χ1n) is 10.3. The van der Waals surface area contributed by atoms with Gasteiger partial charge in [0.1, 0.15) is 17.2 Å². The Balaban J connectivity index is 3.10. The topological polar surface area (TPSA) is 125 Å². The van der Waals surface area contributed by atoms with E-state index >= 15 is 0 Å². The molecule has 1 rings (SSSR count). The second-order valence-electron chi connectivity index (χ2n) is 9.39. The minimum absolute atomic E-state index is 0.0151. The van der Waals surface area contributed by atoms with Gasteiger partial charge in [0.05, 0.1) is 13.0 Å². The third-order valence-electron chi connectivity index (χ3n) is 4.10. The number of carbonyl (C=O) groups is 4.